The van der Waals surface area contributed by atoms with Gasteiger partial charge in [-0.25, -0.2) is 4.39 Å². The third kappa shape index (κ3) is 4.41. The number of rotatable bonds is 5. The molecule has 0 bridgehead atoms. The number of aromatic nitrogens is 1. The molecule has 0 spiro atoms. The molecule has 3 rings (SSSR count). The minimum atomic E-state index is -0.860. The number of halogens is 1. The van der Waals surface area contributed by atoms with E-state index in [4.69, 9.17) is 4.74 Å². The molecule has 1 aromatic carbocycles. The zero-order valence-electron chi connectivity index (χ0n) is 13.9. The van der Waals surface area contributed by atoms with Crippen LogP contribution in [-0.2, 0) is 22.4 Å². The van der Waals surface area contributed by atoms with Crippen molar-refractivity contribution in [2.75, 3.05) is 26.3 Å². The largest absolute Gasteiger partial charge is 0.393 e. The van der Waals surface area contributed by atoms with Crippen LogP contribution in [0.5, 0.6) is 0 Å². The Hall–Kier alpha value is -2.31. The topological polar surface area (TPSA) is 62.7 Å². The van der Waals surface area contributed by atoms with Crippen molar-refractivity contribution in [1.29, 1.82) is 0 Å². The van der Waals surface area contributed by atoms with Gasteiger partial charge in [-0.3, -0.25) is 9.78 Å². The fourth-order valence-corrected chi connectivity index (χ4v) is 3.08. The highest BCUT2D eigenvalue weighted by Crippen LogP contribution is 2.24. The Balaban J connectivity index is 1.69. The molecule has 1 saturated heterocycles. The van der Waals surface area contributed by atoms with Crippen molar-refractivity contribution in [2.45, 2.75) is 18.4 Å². The number of morpholine rings is 1. The summed E-state index contributed by atoms with van der Waals surface area (Å²) >= 11 is 0. The van der Waals surface area contributed by atoms with Crippen LogP contribution in [0.1, 0.15) is 11.1 Å². The fraction of sp³-hybridized carbons (Fsp3) is 0.368. The molecular formula is C19H21FN2O3. The molecule has 1 amide bonds. The van der Waals surface area contributed by atoms with Gasteiger partial charge in [0, 0.05) is 25.4 Å². The SMILES string of the molecule is O=C(Cc1cccnc1)N1CCOC(CO)(Cc2ccc(F)cc2)C1. The molecule has 0 radical (unpaired) electrons. The molecule has 1 aliphatic rings. The van der Waals surface area contributed by atoms with Crippen molar-refractivity contribution >= 4 is 5.91 Å². The van der Waals surface area contributed by atoms with Gasteiger partial charge in [0.25, 0.3) is 0 Å². The predicted molar refractivity (Wildman–Crippen MR) is 90.4 cm³/mol. The van der Waals surface area contributed by atoms with Gasteiger partial charge in [-0.15, -0.1) is 0 Å². The number of ether oxygens (including phenoxy) is 1. The van der Waals surface area contributed by atoms with Crippen molar-refractivity contribution < 1.29 is 19.0 Å². The fourth-order valence-electron chi connectivity index (χ4n) is 3.08. The van der Waals surface area contributed by atoms with Crippen LogP contribution in [0, 0.1) is 5.82 Å². The zero-order chi connectivity index (χ0) is 17.7. The summed E-state index contributed by atoms with van der Waals surface area (Å²) in [5.74, 6) is -0.326. The minimum Gasteiger partial charge on any atom is -0.393 e. The summed E-state index contributed by atoms with van der Waals surface area (Å²) in [6.45, 7) is 0.950. The van der Waals surface area contributed by atoms with Gasteiger partial charge in [0.1, 0.15) is 11.4 Å². The van der Waals surface area contributed by atoms with Gasteiger partial charge < -0.3 is 14.7 Å². The molecular weight excluding hydrogens is 323 g/mol. The van der Waals surface area contributed by atoms with E-state index in [1.54, 1.807) is 35.5 Å². The van der Waals surface area contributed by atoms with Gasteiger partial charge in [0.15, 0.2) is 0 Å². The van der Waals surface area contributed by atoms with Crippen LogP contribution in [-0.4, -0.2) is 52.8 Å². The average molecular weight is 344 g/mol. The van der Waals surface area contributed by atoms with E-state index in [0.29, 0.717) is 26.1 Å². The maximum absolute atomic E-state index is 13.1. The normalized spacial score (nSPS) is 20.5. The number of carbonyl (C=O) groups is 1. The molecule has 1 unspecified atom stereocenters. The summed E-state index contributed by atoms with van der Waals surface area (Å²) in [5, 5.41) is 9.90. The molecule has 0 aliphatic carbocycles. The Morgan fingerprint density at radius 2 is 2.08 bits per heavy atom. The summed E-state index contributed by atoms with van der Waals surface area (Å²) < 4.78 is 18.9. The Morgan fingerprint density at radius 1 is 1.28 bits per heavy atom. The van der Waals surface area contributed by atoms with Crippen molar-refractivity contribution in [3.63, 3.8) is 0 Å². The van der Waals surface area contributed by atoms with Gasteiger partial charge in [-0.1, -0.05) is 18.2 Å². The number of benzene rings is 1. The Kier molecular flexibility index (Phi) is 5.40. The van der Waals surface area contributed by atoms with Gasteiger partial charge >= 0.3 is 0 Å². The predicted octanol–water partition coefficient (Wildman–Crippen LogP) is 1.60. The van der Waals surface area contributed by atoms with Crippen LogP contribution >= 0.6 is 0 Å². The van der Waals surface area contributed by atoms with Crippen molar-refractivity contribution in [3.8, 4) is 0 Å². The van der Waals surface area contributed by atoms with E-state index in [1.165, 1.54) is 12.1 Å². The smallest absolute Gasteiger partial charge is 0.227 e. The second-order valence-corrected chi connectivity index (χ2v) is 6.35. The molecule has 1 N–H and O–H groups in total. The number of aliphatic hydroxyl groups excluding tert-OH is 1. The standard InChI is InChI=1S/C19H21FN2O3/c20-17-5-3-15(4-6-17)11-19(14-23)13-22(8-9-25-19)18(24)10-16-2-1-7-21-12-16/h1-7,12,23H,8-11,13-14H2. The number of pyridine rings is 1. The summed E-state index contributed by atoms with van der Waals surface area (Å²) in [7, 11) is 0. The van der Waals surface area contributed by atoms with Crippen molar-refractivity contribution in [3.05, 3.63) is 65.7 Å². The Labute approximate surface area is 146 Å². The van der Waals surface area contributed by atoms with E-state index < -0.39 is 5.60 Å². The molecule has 6 heteroatoms. The molecule has 2 aromatic rings. The number of hydrogen-bond acceptors (Lipinski definition) is 4. The first kappa shape index (κ1) is 17.5. The van der Waals surface area contributed by atoms with Crippen LogP contribution in [0.2, 0.25) is 0 Å². The van der Waals surface area contributed by atoms with Crippen LogP contribution in [0.25, 0.3) is 0 Å². The first-order chi connectivity index (χ1) is 12.1. The molecule has 132 valence electrons. The molecule has 1 aromatic heterocycles. The second kappa shape index (κ2) is 7.72. The highest BCUT2D eigenvalue weighted by Gasteiger charge is 2.38. The van der Waals surface area contributed by atoms with Crippen LogP contribution in [0.15, 0.2) is 48.8 Å². The lowest BCUT2D eigenvalue weighted by Crippen LogP contribution is -2.57. The quantitative estimate of drug-likeness (QED) is 0.895. The Bertz CT molecular complexity index is 708. The lowest BCUT2D eigenvalue weighted by molar-refractivity contribution is -0.157. The van der Waals surface area contributed by atoms with Gasteiger partial charge in [-0.05, 0) is 29.3 Å². The molecule has 2 heterocycles. The number of nitrogens with zero attached hydrogens (tertiary/aromatic N) is 2. The maximum Gasteiger partial charge on any atom is 0.227 e. The lowest BCUT2D eigenvalue weighted by atomic mass is 9.93. The average Bonchev–Trinajstić information content (AvgIpc) is 2.65. The number of aliphatic hydroxyl groups is 1. The van der Waals surface area contributed by atoms with E-state index in [-0.39, 0.29) is 24.8 Å². The molecule has 1 fully saturated rings. The highest BCUT2D eigenvalue weighted by molar-refractivity contribution is 5.78. The van der Waals surface area contributed by atoms with E-state index in [9.17, 15) is 14.3 Å². The number of amides is 1. The summed E-state index contributed by atoms with van der Waals surface area (Å²) in [6, 6.07) is 9.78. The van der Waals surface area contributed by atoms with E-state index >= 15 is 0 Å². The monoisotopic (exact) mass is 344 g/mol. The molecule has 5 nitrogen and oxygen atoms in total. The minimum absolute atomic E-state index is 0.0202. The number of hydrogen-bond donors (Lipinski definition) is 1. The van der Waals surface area contributed by atoms with E-state index in [1.807, 2.05) is 6.07 Å². The summed E-state index contributed by atoms with van der Waals surface area (Å²) in [6.07, 6.45) is 4.03. The highest BCUT2D eigenvalue weighted by atomic mass is 19.1. The first-order valence-electron chi connectivity index (χ1n) is 8.26. The van der Waals surface area contributed by atoms with Crippen LogP contribution in [0.3, 0.4) is 0 Å². The Morgan fingerprint density at radius 3 is 2.76 bits per heavy atom. The zero-order valence-corrected chi connectivity index (χ0v) is 13.9. The molecule has 1 aliphatic heterocycles. The molecule has 25 heavy (non-hydrogen) atoms. The summed E-state index contributed by atoms with van der Waals surface area (Å²) in [5.41, 5.74) is 0.852. The third-order valence-electron chi connectivity index (χ3n) is 4.41. The van der Waals surface area contributed by atoms with Gasteiger partial charge in [-0.2, -0.15) is 0 Å². The number of carbonyl (C=O) groups excluding carboxylic acids is 1. The van der Waals surface area contributed by atoms with Gasteiger partial charge in [0.05, 0.1) is 26.2 Å². The van der Waals surface area contributed by atoms with E-state index in [0.717, 1.165) is 11.1 Å². The third-order valence-corrected chi connectivity index (χ3v) is 4.41. The lowest BCUT2D eigenvalue weighted by Gasteiger charge is -2.42. The summed E-state index contributed by atoms with van der Waals surface area (Å²) in [4.78, 5) is 18.3. The van der Waals surface area contributed by atoms with E-state index in [2.05, 4.69) is 4.98 Å². The second-order valence-electron chi connectivity index (χ2n) is 6.35. The maximum atomic E-state index is 13.1. The van der Waals surface area contributed by atoms with Gasteiger partial charge in [0.2, 0.25) is 5.91 Å². The van der Waals surface area contributed by atoms with Crippen molar-refractivity contribution in [1.82, 2.24) is 9.88 Å². The molecule has 1 atom stereocenters. The van der Waals surface area contributed by atoms with Crippen LogP contribution in [0.4, 0.5) is 4.39 Å². The van der Waals surface area contributed by atoms with Crippen LogP contribution < -0.4 is 0 Å². The first-order valence-corrected chi connectivity index (χ1v) is 8.26. The molecule has 0 saturated carbocycles. The van der Waals surface area contributed by atoms with Crippen molar-refractivity contribution in [2.24, 2.45) is 0 Å².